The summed E-state index contributed by atoms with van der Waals surface area (Å²) in [5, 5.41) is 8.25. The number of aryl methyl sites for hydroxylation is 4. The maximum absolute atomic E-state index is 4.93. The fourth-order valence-electron chi connectivity index (χ4n) is 7.15. The van der Waals surface area contributed by atoms with Crippen LogP contribution in [0.5, 0.6) is 0 Å². The summed E-state index contributed by atoms with van der Waals surface area (Å²) >= 11 is -0.826. The summed E-state index contributed by atoms with van der Waals surface area (Å²) in [5.74, 6) is 0. The van der Waals surface area contributed by atoms with Crippen LogP contribution in [-0.2, 0) is 33.7 Å². The summed E-state index contributed by atoms with van der Waals surface area (Å²) in [6.45, 7) is 8.76. The molecule has 258 valence electrons. The third-order valence-electron chi connectivity index (χ3n) is 9.50. The van der Waals surface area contributed by atoms with E-state index in [1.54, 1.807) is 0 Å². The van der Waals surface area contributed by atoms with E-state index in [9.17, 15) is 0 Å². The number of rotatable bonds is 4. The molecule has 8 aromatic rings. The van der Waals surface area contributed by atoms with Crippen LogP contribution in [0.1, 0.15) is 36.1 Å². The standard InChI is InChI=1S/2C18H17.C12H7Si.2ClH.Zr/c2*1-3-14-7-4-5-9-16(14)17-10-6-8-15-11-13(2)12-18(15)17;1-3-7-11-9(5-1)10-6-2-4-8-12(10)13-11;;;/h2*4-12H,3H2,1-2H3;1-7H;2*1H;/q3*-1;;;+2/p-2. The average molecular weight is 808 g/mol. The van der Waals surface area contributed by atoms with Gasteiger partial charge in [0.05, 0.1) is 9.52 Å². The Morgan fingerprint density at radius 3 is 1.50 bits per heavy atom. The number of benzene rings is 6. The summed E-state index contributed by atoms with van der Waals surface area (Å²) < 4.78 is 0. The van der Waals surface area contributed by atoms with E-state index in [-0.39, 0.29) is 0 Å². The molecular weight excluding hydrogens is 767 g/mol. The molecule has 0 saturated heterocycles. The first kappa shape index (κ1) is 38.0. The first-order valence-electron chi connectivity index (χ1n) is 17.8. The summed E-state index contributed by atoms with van der Waals surface area (Å²) in [4.78, 5) is 0. The van der Waals surface area contributed by atoms with Crippen molar-refractivity contribution in [1.82, 2.24) is 0 Å². The number of hydrogen-bond acceptors (Lipinski definition) is 0. The van der Waals surface area contributed by atoms with Gasteiger partial charge in [-0.2, -0.15) is 41.6 Å². The van der Waals surface area contributed by atoms with E-state index in [2.05, 4.69) is 179 Å². The zero-order valence-electron chi connectivity index (χ0n) is 30.1. The van der Waals surface area contributed by atoms with Crippen LogP contribution in [0.15, 0.2) is 152 Å². The molecule has 0 bridgehead atoms. The van der Waals surface area contributed by atoms with Crippen LogP contribution in [0.2, 0.25) is 0 Å². The van der Waals surface area contributed by atoms with E-state index >= 15 is 0 Å². The molecule has 52 heavy (non-hydrogen) atoms. The molecule has 0 atom stereocenters. The molecular formula is C48H41Cl2SiZr-3. The Balaban J connectivity index is 0.000000130. The van der Waals surface area contributed by atoms with Crippen LogP contribution in [0.3, 0.4) is 0 Å². The summed E-state index contributed by atoms with van der Waals surface area (Å²) in [6, 6.07) is 57.8. The van der Waals surface area contributed by atoms with Crippen molar-refractivity contribution in [1.29, 1.82) is 0 Å². The quantitative estimate of drug-likeness (QED) is 0.123. The van der Waals surface area contributed by atoms with Crippen LogP contribution in [0.4, 0.5) is 0 Å². The van der Waals surface area contributed by atoms with Gasteiger partial charge in [-0.1, -0.05) is 135 Å². The molecule has 2 radical (unpaired) electrons. The van der Waals surface area contributed by atoms with Crippen molar-refractivity contribution in [3.8, 4) is 33.4 Å². The zero-order chi connectivity index (χ0) is 36.5. The van der Waals surface area contributed by atoms with Gasteiger partial charge in [-0.25, -0.2) is 0 Å². The third kappa shape index (κ3) is 8.70. The normalized spacial score (nSPS) is 11.0. The first-order chi connectivity index (χ1) is 25.4. The SMILES string of the molecule is CCc1ccccc1-c1cccc2[cH-]c(C)cc12.CCc1ccccc1-c1cccc2[cH-]c(C)cc12.[Cl][Zr][Cl].[c-]1cccc2c1[Si]c1ccccc1-2. The minimum Gasteiger partial charge on any atom is -0.184 e. The third-order valence-corrected chi connectivity index (χ3v) is 10.9. The molecule has 0 aromatic heterocycles. The molecule has 1 aliphatic rings. The van der Waals surface area contributed by atoms with Gasteiger partial charge in [-0.15, -0.1) is 74.6 Å². The van der Waals surface area contributed by atoms with E-state index in [4.69, 9.17) is 17.0 Å². The maximum atomic E-state index is 4.93. The van der Waals surface area contributed by atoms with Crippen molar-refractivity contribution >= 4 is 58.5 Å². The Morgan fingerprint density at radius 1 is 0.538 bits per heavy atom. The molecule has 8 aromatic carbocycles. The van der Waals surface area contributed by atoms with Crippen LogP contribution in [-0.4, -0.2) is 9.52 Å². The van der Waals surface area contributed by atoms with Gasteiger partial charge in [0, 0.05) is 0 Å². The van der Waals surface area contributed by atoms with Crippen molar-refractivity contribution in [3.63, 3.8) is 0 Å². The van der Waals surface area contributed by atoms with Gasteiger partial charge in [-0.05, 0) is 35.1 Å². The summed E-state index contributed by atoms with van der Waals surface area (Å²) in [5.41, 5.74) is 13.7. The minimum absolute atomic E-state index is 0.795. The minimum atomic E-state index is -0.826. The fraction of sp³-hybridized carbons (Fsp3) is 0.125. The molecule has 1 aliphatic heterocycles. The van der Waals surface area contributed by atoms with E-state index < -0.39 is 20.8 Å². The molecule has 0 aliphatic carbocycles. The Bertz CT molecular complexity index is 2230. The van der Waals surface area contributed by atoms with Crippen molar-refractivity contribution < 1.29 is 20.8 Å². The predicted octanol–water partition coefficient (Wildman–Crippen LogP) is 12.7. The molecule has 0 saturated carbocycles. The molecule has 0 fully saturated rings. The topological polar surface area (TPSA) is 0 Å². The van der Waals surface area contributed by atoms with Gasteiger partial charge in [0.25, 0.3) is 0 Å². The molecule has 0 spiro atoms. The van der Waals surface area contributed by atoms with Crippen LogP contribution in [0, 0.1) is 19.9 Å². The summed E-state index contributed by atoms with van der Waals surface area (Å²) in [7, 11) is 10.7. The Labute approximate surface area is 330 Å². The molecule has 0 amide bonds. The van der Waals surface area contributed by atoms with Crippen molar-refractivity contribution in [2.24, 2.45) is 0 Å². The second-order valence-electron chi connectivity index (χ2n) is 12.9. The zero-order valence-corrected chi connectivity index (χ0v) is 35.1. The van der Waals surface area contributed by atoms with E-state index in [1.165, 1.54) is 87.6 Å². The van der Waals surface area contributed by atoms with Crippen LogP contribution < -0.4 is 10.4 Å². The van der Waals surface area contributed by atoms with Crippen LogP contribution in [0.25, 0.3) is 54.9 Å². The summed E-state index contributed by atoms with van der Waals surface area (Å²) in [6.07, 6.45) is 2.15. The second-order valence-corrected chi connectivity index (χ2v) is 17.9. The largest absolute Gasteiger partial charge is 0.184 e. The van der Waals surface area contributed by atoms with E-state index in [1.807, 2.05) is 6.07 Å². The smallest absolute Gasteiger partial charge is 0.0920 e. The molecule has 4 heteroatoms. The second kappa shape index (κ2) is 18.3. The molecule has 0 unspecified atom stereocenters. The van der Waals surface area contributed by atoms with E-state index in [0.717, 1.165) is 22.4 Å². The predicted molar refractivity (Wildman–Crippen MR) is 226 cm³/mol. The van der Waals surface area contributed by atoms with Crippen LogP contribution >= 0.6 is 17.0 Å². The molecule has 9 rings (SSSR count). The Morgan fingerprint density at radius 2 is 0.981 bits per heavy atom. The van der Waals surface area contributed by atoms with Gasteiger partial charge in [0.2, 0.25) is 0 Å². The number of fused-ring (bicyclic) bond motifs is 5. The van der Waals surface area contributed by atoms with Gasteiger partial charge >= 0.3 is 37.9 Å². The molecule has 0 nitrogen and oxygen atoms in total. The molecule has 0 N–H and O–H groups in total. The Hall–Kier alpha value is -3.78. The van der Waals surface area contributed by atoms with Gasteiger partial charge in [0.15, 0.2) is 0 Å². The first-order valence-corrected chi connectivity index (χ1v) is 25.1. The molecule has 1 heterocycles. The monoisotopic (exact) mass is 805 g/mol. The van der Waals surface area contributed by atoms with Gasteiger partial charge < -0.3 is 0 Å². The number of halogens is 2. The Kier molecular flexibility index (Phi) is 13.4. The van der Waals surface area contributed by atoms with E-state index in [0.29, 0.717) is 0 Å². The van der Waals surface area contributed by atoms with Gasteiger partial charge in [0.1, 0.15) is 0 Å². The fourth-order valence-corrected chi connectivity index (χ4v) is 8.46. The van der Waals surface area contributed by atoms with Gasteiger partial charge in [-0.3, -0.25) is 0 Å². The van der Waals surface area contributed by atoms with Crippen molar-refractivity contribution in [2.45, 2.75) is 40.5 Å². The maximum Gasteiger partial charge on any atom is 0.0920 e. The van der Waals surface area contributed by atoms with Crippen molar-refractivity contribution in [3.05, 3.63) is 180 Å². The average Bonchev–Trinajstić information content (AvgIpc) is 3.88. The van der Waals surface area contributed by atoms with Crippen molar-refractivity contribution in [2.75, 3.05) is 0 Å². The number of hydrogen-bond donors (Lipinski definition) is 0.